The number of carbonyl (C=O) groups is 1. The van der Waals surface area contributed by atoms with E-state index < -0.39 is 0 Å². The van der Waals surface area contributed by atoms with Crippen LogP contribution in [0.4, 0.5) is 5.69 Å². The van der Waals surface area contributed by atoms with E-state index in [1.54, 1.807) is 23.6 Å². The zero-order valence-corrected chi connectivity index (χ0v) is 16.1. The summed E-state index contributed by atoms with van der Waals surface area (Å²) >= 11 is 1.60. The standard InChI is InChI=1S/C23H16N4OS/c28-21(11-8-18-4-1-3-17-5-2-12-24-22(17)18)25-19-9-6-16(7-10-19)20-15-27-13-14-29-23(27)26-20/h1-15H,(H,25,28)/b11-8+. The Hall–Kier alpha value is -3.77. The number of rotatable bonds is 4. The fourth-order valence-corrected chi connectivity index (χ4v) is 3.90. The molecule has 0 fully saturated rings. The van der Waals surface area contributed by atoms with Gasteiger partial charge in [-0.3, -0.25) is 14.2 Å². The second-order valence-corrected chi connectivity index (χ2v) is 7.41. The van der Waals surface area contributed by atoms with Crippen LogP contribution in [0.3, 0.4) is 0 Å². The van der Waals surface area contributed by atoms with Gasteiger partial charge >= 0.3 is 0 Å². The van der Waals surface area contributed by atoms with Crippen molar-refractivity contribution >= 4 is 44.9 Å². The number of nitrogens with one attached hydrogen (secondary N) is 1. The third-order valence-corrected chi connectivity index (χ3v) is 5.39. The molecule has 29 heavy (non-hydrogen) atoms. The monoisotopic (exact) mass is 396 g/mol. The molecule has 0 radical (unpaired) electrons. The molecule has 140 valence electrons. The first kappa shape index (κ1) is 17.3. The predicted octanol–water partition coefficient (Wildman–Crippen LogP) is 5.26. The van der Waals surface area contributed by atoms with Crippen LogP contribution >= 0.6 is 11.3 Å². The number of anilines is 1. The Kier molecular flexibility index (Phi) is 4.38. The minimum Gasteiger partial charge on any atom is -0.323 e. The Bertz CT molecular complexity index is 1310. The number of carbonyl (C=O) groups excluding carboxylic acids is 1. The zero-order chi connectivity index (χ0) is 19.6. The van der Waals surface area contributed by atoms with Crippen LogP contribution < -0.4 is 5.32 Å². The number of imidazole rings is 1. The van der Waals surface area contributed by atoms with Crippen molar-refractivity contribution in [2.24, 2.45) is 0 Å². The second-order valence-electron chi connectivity index (χ2n) is 6.54. The molecule has 3 aromatic heterocycles. The zero-order valence-electron chi connectivity index (χ0n) is 15.3. The summed E-state index contributed by atoms with van der Waals surface area (Å²) in [6.45, 7) is 0. The number of pyridine rings is 1. The van der Waals surface area contributed by atoms with Crippen molar-refractivity contribution in [2.75, 3.05) is 5.32 Å². The molecule has 0 aliphatic rings. The van der Waals surface area contributed by atoms with Gasteiger partial charge in [0.05, 0.1) is 11.2 Å². The fourth-order valence-electron chi connectivity index (χ4n) is 3.20. The van der Waals surface area contributed by atoms with E-state index >= 15 is 0 Å². The molecule has 5 rings (SSSR count). The first-order valence-corrected chi connectivity index (χ1v) is 10.00. The second kappa shape index (κ2) is 7.33. The summed E-state index contributed by atoms with van der Waals surface area (Å²) < 4.78 is 2.00. The molecular formula is C23H16N4OS. The third-order valence-electron chi connectivity index (χ3n) is 4.62. The van der Waals surface area contributed by atoms with Crippen LogP contribution in [0.5, 0.6) is 0 Å². The van der Waals surface area contributed by atoms with Gasteiger partial charge in [0.25, 0.3) is 0 Å². The molecule has 0 saturated carbocycles. The van der Waals surface area contributed by atoms with Crippen molar-refractivity contribution in [1.82, 2.24) is 14.4 Å². The van der Waals surface area contributed by atoms with Gasteiger partial charge in [-0.15, -0.1) is 11.3 Å². The van der Waals surface area contributed by atoms with Crippen LogP contribution in [-0.4, -0.2) is 20.3 Å². The highest BCUT2D eigenvalue weighted by Crippen LogP contribution is 2.23. The smallest absolute Gasteiger partial charge is 0.248 e. The van der Waals surface area contributed by atoms with Gasteiger partial charge in [-0.05, 0) is 24.3 Å². The third kappa shape index (κ3) is 3.53. The summed E-state index contributed by atoms with van der Waals surface area (Å²) in [7, 11) is 0. The minimum atomic E-state index is -0.187. The molecular weight excluding hydrogens is 380 g/mol. The number of para-hydroxylation sites is 1. The lowest BCUT2D eigenvalue weighted by atomic mass is 10.1. The molecule has 5 nitrogen and oxygen atoms in total. The molecule has 3 heterocycles. The van der Waals surface area contributed by atoms with Crippen LogP contribution in [0.1, 0.15) is 5.56 Å². The molecule has 2 aromatic carbocycles. The number of fused-ring (bicyclic) bond motifs is 2. The van der Waals surface area contributed by atoms with E-state index in [0.29, 0.717) is 0 Å². The van der Waals surface area contributed by atoms with Crippen LogP contribution in [0, 0.1) is 0 Å². The van der Waals surface area contributed by atoms with Gasteiger partial charge in [0, 0.05) is 52.2 Å². The molecule has 0 aliphatic heterocycles. The van der Waals surface area contributed by atoms with Gasteiger partial charge in [-0.2, -0.15) is 0 Å². The molecule has 1 amide bonds. The van der Waals surface area contributed by atoms with E-state index in [-0.39, 0.29) is 5.91 Å². The summed E-state index contributed by atoms with van der Waals surface area (Å²) in [4.78, 5) is 22.3. The van der Waals surface area contributed by atoms with Crippen molar-refractivity contribution in [2.45, 2.75) is 0 Å². The van der Waals surface area contributed by atoms with Gasteiger partial charge in [0.15, 0.2) is 4.96 Å². The number of hydrogen-bond donors (Lipinski definition) is 1. The number of amides is 1. The summed E-state index contributed by atoms with van der Waals surface area (Å²) in [6.07, 6.45) is 9.06. The van der Waals surface area contributed by atoms with Crippen molar-refractivity contribution in [3.05, 3.63) is 90.2 Å². The van der Waals surface area contributed by atoms with E-state index in [2.05, 4.69) is 15.3 Å². The molecule has 0 atom stereocenters. The first-order valence-electron chi connectivity index (χ1n) is 9.12. The maximum Gasteiger partial charge on any atom is 0.248 e. The quantitative estimate of drug-likeness (QED) is 0.421. The molecule has 0 spiro atoms. The summed E-state index contributed by atoms with van der Waals surface area (Å²) in [5.41, 5.74) is 4.45. The average molecular weight is 396 g/mol. The topological polar surface area (TPSA) is 59.3 Å². The van der Waals surface area contributed by atoms with Crippen LogP contribution in [-0.2, 0) is 4.79 Å². The van der Waals surface area contributed by atoms with Gasteiger partial charge in [0.1, 0.15) is 0 Å². The number of hydrogen-bond acceptors (Lipinski definition) is 4. The summed E-state index contributed by atoms with van der Waals surface area (Å²) in [6, 6.07) is 17.5. The van der Waals surface area contributed by atoms with E-state index in [9.17, 15) is 4.79 Å². The fraction of sp³-hybridized carbons (Fsp3) is 0. The van der Waals surface area contributed by atoms with Gasteiger partial charge in [0.2, 0.25) is 5.91 Å². The molecule has 0 unspecified atom stereocenters. The van der Waals surface area contributed by atoms with Crippen LogP contribution in [0.15, 0.2) is 84.6 Å². The lowest BCUT2D eigenvalue weighted by Gasteiger charge is -2.04. The maximum atomic E-state index is 12.3. The number of aromatic nitrogens is 3. The van der Waals surface area contributed by atoms with Crippen molar-refractivity contribution in [3.63, 3.8) is 0 Å². The Morgan fingerprint density at radius 2 is 1.93 bits per heavy atom. The highest BCUT2D eigenvalue weighted by Gasteiger charge is 2.06. The Balaban J connectivity index is 1.30. The van der Waals surface area contributed by atoms with E-state index in [4.69, 9.17) is 0 Å². The Morgan fingerprint density at radius 1 is 1.07 bits per heavy atom. The van der Waals surface area contributed by atoms with Crippen molar-refractivity contribution in [3.8, 4) is 11.3 Å². The Morgan fingerprint density at radius 3 is 2.79 bits per heavy atom. The number of thiazole rings is 1. The first-order chi connectivity index (χ1) is 14.3. The van der Waals surface area contributed by atoms with Gasteiger partial charge in [-0.25, -0.2) is 4.98 Å². The van der Waals surface area contributed by atoms with Crippen molar-refractivity contribution in [1.29, 1.82) is 0 Å². The lowest BCUT2D eigenvalue weighted by Crippen LogP contribution is -2.07. The van der Waals surface area contributed by atoms with Crippen LogP contribution in [0.2, 0.25) is 0 Å². The lowest BCUT2D eigenvalue weighted by molar-refractivity contribution is -0.111. The molecule has 5 aromatic rings. The van der Waals surface area contributed by atoms with Crippen LogP contribution in [0.25, 0.3) is 33.2 Å². The summed E-state index contributed by atoms with van der Waals surface area (Å²) in [5.74, 6) is -0.187. The van der Waals surface area contributed by atoms with E-state index in [1.165, 1.54) is 6.08 Å². The molecule has 0 aliphatic carbocycles. The number of nitrogens with zero attached hydrogens (tertiary/aromatic N) is 3. The molecule has 0 saturated heterocycles. The number of benzene rings is 2. The SMILES string of the molecule is O=C(/C=C/c1cccc2cccnc12)Nc1ccc(-c2cn3ccsc3n2)cc1. The Labute approximate surface area is 171 Å². The molecule has 6 heteroatoms. The van der Waals surface area contributed by atoms with E-state index in [0.717, 1.165) is 38.4 Å². The van der Waals surface area contributed by atoms with Gasteiger partial charge in [-0.1, -0.05) is 36.4 Å². The van der Waals surface area contributed by atoms with E-state index in [1.807, 2.05) is 76.8 Å². The molecule has 1 N–H and O–H groups in total. The maximum absolute atomic E-state index is 12.3. The van der Waals surface area contributed by atoms with Gasteiger partial charge < -0.3 is 5.32 Å². The largest absolute Gasteiger partial charge is 0.323 e. The predicted molar refractivity (Wildman–Crippen MR) is 118 cm³/mol. The minimum absolute atomic E-state index is 0.187. The van der Waals surface area contributed by atoms with Crippen molar-refractivity contribution < 1.29 is 4.79 Å². The molecule has 0 bridgehead atoms. The normalized spacial score (nSPS) is 11.4. The average Bonchev–Trinajstić information content (AvgIpc) is 3.35. The summed E-state index contributed by atoms with van der Waals surface area (Å²) in [5, 5.41) is 5.94. The highest BCUT2D eigenvalue weighted by atomic mass is 32.1. The highest BCUT2D eigenvalue weighted by molar-refractivity contribution is 7.15.